The Morgan fingerprint density at radius 1 is 1.19 bits per heavy atom. The van der Waals surface area contributed by atoms with Crippen LogP contribution in [0.25, 0.3) is 0 Å². The van der Waals surface area contributed by atoms with Gasteiger partial charge in [0, 0.05) is 29.4 Å². The van der Waals surface area contributed by atoms with E-state index in [0.29, 0.717) is 48.8 Å². The summed E-state index contributed by atoms with van der Waals surface area (Å²) >= 11 is 7.44. The number of halogens is 1. The van der Waals surface area contributed by atoms with E-state index in [1.165, 1.54) is 11.3 Å². The minimum atomic E-state index is -0.517. The lowest BCUT2D eigenvalue weighted by Gasteiger charge is -2.25. The van der Waals surface area contributed by atoms with Crippen LogP contribution in [0, 0.1) is 6.92 Å². The molecule has 1 saturated carbocycles. The molecule has 2 aromatic rings. The molecule has 1 aromatic heterocycles. The maximum atomic E-state index is 12.9. The highest BCUT2D eigenvalue weighted by Crippen LogP contribution is 2.34. The Labute approximate surface area is 195 Å². The molecule has 0 saturated heterocycles. The Bertz CT molecular complexity index is 1100. The number of nitrogens with zero attached hydrogens (tertiary/aromatic N) is 1. The Hall–Kier alpha value is -2.71. The molecule has 32 heavy (non-hydrogen) atoms. The van der Waals surface area contributed by atoms with Crippen molar-refractivity contribution in [1.82, 2.24) is 15.5 Å². The lowest BCUT2D eigenvalue weighted by atomic mass is 10.1. The van der Waals surface area contributed by atoms with Crippen molar-refractivity contribution in [2.24, 2.45) is 0 Å². The van der Waals surface area contributed by atoms with Gasteiger partial charge in [0.2, 0.25) is 0 Å². The summed E-state index contributed by atoms with van der Waals surface area (Å²) in [6.07, 6.45) is 1.49. The fourth-order valence-corrected chi connectivity index (χ4v) is 5.32. The Morgan fingerprint density at radius 3 is 2.72 bits per heavy atom. The minimum absolute atomic E-state index is 0.0453. The fraction of sp³-hybridized carbons (Fsp3) is 0.391. The first-order chi connectivity index (χ1) is 15.3. The van der Waals surface area contributed by atoms with Crippen molar-refractivity contribution in [3.63, 3.8) is 0 Å². The van der Waals surface area contributed by atoms with E-state index in [9.17, 15) is 19.2 Å². The molecule has 0 radical (unpaired) electrons. The summed E-state index contributed by atoms with van der Waals surface area (Å²) in [6, 6.07) is 6.73. The minimum Gasteiger partial charge on any atom is -0.334 e. The number of benzene rings is 1. The van der Waals surface area contributed by atoms with Gasteiger partial charge in [-0.15, -0.1) is 11.3 Å². The molecule has 0 bridgehead atoms. The maximum Gasteiger partial charge on any atom is 0.315 e. The zero-order valence-electron chi connectivity index (χ0n) is 17.7. The summed E-state index contributed by atoms with van der Waals surface area (Å²) < 4.78 is 0. The highest BCUT2D eigenvalue weighted by molar-refractivity contribution is 7.14. The van der Waals surface area contributed by atoms with E-state index in [0.717, 1.165) is 21.6 Å². The lowest BCUT2D eigenvalue weighted by Crippen LogP contribution is -2.41. The number of fused-ring (bicyclic) bond motifs is 1. The molecule has 3 amide bonds. The molecule has 2 N–H and O–H groups in total. The maximum absolute atomic E-state index is 12.9. The fourth-order valence-electron chi connectivity index (χ4n) is 4.05. The molecule has 9 heteroatoms. The summed E-state index contributed by atoms with van der Waals surface area (Å²) in [5.74, 6) is -0.370. The van der Waals surface area contributed by atoms with Gasteiger partial charge >= 0.3 is 6.03 Å². The molecule has 1 aliphatic heterocycles. The van der Waals surface area contributed by atoms with Crippen LogP contribution in [-0.2, 0) is 29.2 Å². The van der Waals surface area contributed by atoms with E-state index in [-0.39, 0.29) is 29.9 Å². The third kappa shape index (κ3) is 4.86. The summed E-state index contributed by atoms with van der Waals surface area (Å²) in [6.45, 7) is 2.96. The molecule has 4 rings (SSSR count). The van der Waals surface area contributed by atoms with Gasteiger partial charge in [-0.05, 0) is 48.6 Å². The number of carbonyl (C=O) groups excluding carboxylic acids is 4. The third-order valence-corrected chi connectivity index (χ3v) is 7.39. The van der Waals surface area contributed by atoms with E-state index in [2.05, 4.69) is 10.6 Å². The number of thiophene rings is 1. The summed E-state index contributed by atoms with van der Waals surface area (Å²) in [5, 5.41) is 6.26. The van der Waals surface area contributed by atoms with Gasteiger partial charge in [-0.2, -0.15) is 0 Å². The second-order valence-corrected chi connectivity index (χ2v) is 9.75. The van der Waals surface area contributed by atoms with Gasteiger partial charge in [-0.25, -0.2) is 4.79 Å². The number of Topliss-reactive ketones (excluding diaryl/α,β-unsaturated/α-hetero) is 2. The van der Waals surface area contributed by atoms with Crippen LogP contribution in [0.15, 0.2) is 24.3 Å². The zero-order valence-corrected chi connectivity index (χ0v) is 19.3. The lowest BCUT2D eigenvalue weighted by molar-refractivity contribution is -0.128. The number of nitrogens with one attached hydrogen (secondary N) is 2. The number of urea groups is 1. The largest absolute Gasteiger partial charge is 0.334 e. The normalized spacial score (nSPS) is 18.5. The van der Waals surface area contributed by atoms with Gasteiger partial charge in [0.1, 0.15) is 5.78 Å². The average Bonchev–Trinajstić information content (AvgIpc) is 3.23. The van der Waals surface area contributed by atoms with Crippen LogP contribution in [0.4, 0.5) is 4.79 Å². The van der Waals surface area contributed by atoms with E-state index in [4.69, 9.17) is 11.6 Å². The molecule has 7 nitrogen and oxygen atoms in total. The first kappa shape index (κ1) is 22.5. The van der Waals surface area contributed by atoms with E-state index in [1.54, 1.807) is 4.90 Å². The molecule has 1 aromatic carbocycles. The van der Waals surface area contributed by atoms with Crippen molar-refractivity contribution in [2.75, 3.05) is 0 Å². The van der Waals surface area contributed by atoms with Gasteiger partial charge in [0.15, 0.2) is 5.78 Å². The molecular formula is C23H24ClN3O4S. The van der Waals surface area contributed by atoms with Crippen LogP contribution in [0.1, 0.15) is 56.9 Å². The monoisotopic (exact) mass is 473 g/mol. The second-order valence-electron chi connectivity index (χ2n) is 8.21. The number of amides is 3. The average molecular weight is 474 g/mol. The molecule has 168 valence electrons. The highest BCUT2D eigenvalue weighted by atomic mass is 35.5. The second kappa shape index (κ2) is 9.42. The quantitative estimate of drug-likeness (QED) is 0.510. The molecule has 1 fully saturated rings. The van der Waals surface area contributed by atoms with Crippen LogP contribution >= 0.6 is 22.9 Å². The number of hydrogen-bond acceptors (Lipinski definition) is 5. The van der Waals surface area contributed by atoms with Crippen molar-refractivity contribution in [3.05, 3.63) is 55.7 Å². The van der Waals surface area contributed by atoms with Crippen molar-refractivity contribution in [2.45, 2.75) is 58.3 Å². The summed E-state index contributed by atoms with van der Waals surface area (Å²) in [4.78, 5) is 52.2. The molecule has 0 spiro atoms. The Morgan fingerprint density at radius 2 is 1.97 bits per heavy atom. The predicted octanol–water partition coefficient (Wildman–Crippen LogP) is 3.75. The zero-order chi connectivity index (χ0) is 22.8. The number of aryl methyl sites for hydroxylation is 1. The van der Waals surface area contributed by atoms with Gasteiger partial charge < -0.3 is 15.5 Å². The van der Waals surface area contributed by atoms with Crippen LogP contribution in [0.2, 0.25) is 5.02 Å². The van der Waals surface area contributed by atoms with Gasteiger partial charge in [0.05, 0.1) is 23.9 Å². The highest BCUT2D eigenvalue weighted by Gasteiger charge is 2.38. The third-order valence-electron chi connectivity index (χ3n) is 5.82. The Kier molecular flexibility index (Phi) is 6.62. The van der Waals surface area contributed by atoms with Crippen molar-refractivity contribution in [3.8, 4) is 0 Å². The van der Waals surface area contributed by atoms with E-state index in [1.807, 2.05) is 31.2 Å². The number of ketones is 2. The van der Waals surface area contributed by atoms with Crippen molar-refractivity contribution < 1.29 is 19.2 Å². The van der Waals surface area contributed by atoms with Gasteiger partial charge in [-0.3, -0.25) is 14.4 Å². The predicted molar refractivity (Wildman–Crippen MR) is 122 cm³/mol. The van der Waals surface area contributed by atoms with Crippen LogP contribution in [-0.4, -0.2) is 34.4 Å². The van der Waals surface area contributed by atoms with E-state index < -0.39 is 6.04 Å². The van der Waals surface area contributed by atoms with Crippen LogP contribution in [0.5, 0.6) is 0 Å². The standard InChI is InChI=1S/C23H24ClN3O4S/c1-13-5-6-14(7-18(13)24)10-25-23(31)26-11-17-8-15-12-27(22(30)21(15)32-17)19-4-2-3-16(28)9-20(19)29/h5-8,19H,2-4,9-12H2,1H3,(H2,25,26,31)/t19-/m0/s1. The van der Waals surface area contributed by atoms with Gasteiger partial charge in [0.25, 0.3) is 5.91 Å². The van der Waals surface area contributed by atoms with Crippen molar-refractivity contribution in [1.29, 1.82) is 0 Å². The molecule has 1 atom stereocenters. The molecule has 2 aliphatic rings. The molecule has 2 heterocycles. The first-order valence-electron chi connectivity index (χ1n) is 10.6. The van der Waals surface area contributed by atoms with Crippen LogP contribution < -0.4 is 10.6 Å². The number of carbonyl (C=O) groups is 4. The number of rotatable bonds is 5. The Balaban J connectivity index is 1.30. The SMILES string of the molecule is Cc1ccc(CNC(=O)NCc2cc3c(s2)C(=O)N([C@H]2CCCC(=O)CC2=O)C3)cc1Cl. The van der Waals surface area contributed by atoms with E-state index >= 15 is 0 Å². The summed E-state index contributed by atoms with van der Waals surface area (Å²) in [5.41, 5.74) is 2.76. The van der Waals surface area contributed by atoms with Gasteiger partial charge in [-0.1, -0.05) is 23.7 Å². The van der Waals surface area contributed by atoms with Crippen molar-refractivity contribution >= 4 is 46.4 Å². The topological polar surface area (TPSA) is 95.6 Å². The number of hydrogen-bond donors (Lipinski definition) is 2. The smallest absolute Gasteiger partial charge is 0.315 e. The first-order valence-corrected chi connectivity index (χ1v) is 11.7. The molecule has 0 unspecified atom stereocenters. The summed E-state index contributed by atoms with van der Waals surface area (Å²) in [7, 11) is 0. The molecular weight excluding hydrogens is 450 g/mol. The van der Waals surface area contributed by atoms with Crippen LogP contribution in [0.3, 0.4) is 0 Å². The molecule has 1 aliphatic carbocycles.